The molecular weight excluding hydrogens is 352 g/mol. The molecule has 0 radical (unpaired) electrons. The van der Waals surface area contributed by atoms with Gasteiger partial charge in [-0.05, 0) is 45.1 Å². The highest BCUT2D eigenvalue weighted by atomic mass is 28.4. The van der Waals surface area contributed by atoms with Gasteiger partial charge < -0.3 is 24.2 Å². The second-order valence-electron chi connectivity index (χ2n) is 6.10. The number of aliphatic hydroxyl groups is 1. The van der Waals surface area contributed by atoms with Crippen molar-refractivity contribution < 1.29 is 24.2 Å². The average molecular weight is 403 g/mol. The van der Waals surface area contributed by atoms with Gasteiger partial charge in [0.05, 0.1) is 19.5 Å². The Kier molecular flexibility index (Phi) is 32.0. The molecule has 0 fully saturated rings. The Morgan fingerprint density at radius 3 is 1.96 bits per heavy atom. The molecular formula is C18H50O5Si2. The number of aliphatic hydroxyl groups excluding tert-OH is 1. The third-order valence-electron chi connectivity index (χ3n) is 3.25. The Morgan fingerprint density at radius 2 is 1.56 bits per heavy atom. The minimum absolute atomic E-state index is 0. The molecule has 0 aliphatic rings. The molecule has 0 heterocycles. The molecule has 3 N–H and O–H groups in total. The van der Waals surface area contributed by atoms with Crippen LogP contribution in [-0.4, -0.2) is 52.8 Å². The first-order chi connectivity index (χ1) is 9.29. The molecule has 0 aliphatic carbocycles. The van der Waals surface area contributed by atoms with Crippen molar-refractivity contribution in [1.82, 2.24) is 0 Å². The first-order valence-corrected chi connectivity index (χ1v) is 13.5. The van der Waals surface area contributed by atoms with Crippen LogP contribution in [0, 0.1) is 0 Å². The number of hydrogen-bond acceptors (Lipinski definition) is 4. The Morgan fingerprint density at radius 1 is 1.04 bits per heavy atom. The predicted molar refractivity (Wildman–Crippen MR) is 119 cm³/mol. The van der Waals surface area contributed by atoms with Gasteiger partial charge in [0.1, 0.15) is 5.73 Å². The van der Waals surface area contributed by atoms with Crippen LogP contribution >= 0.6 is 0 Å². The third-order valence-corrected chi connectivity index (χ3v) is 11.2. The molecule has 7 heteroatoms. The minimum atomic E-state index is -1.88. The van der Waals surface area contributed by atoms with E-state index in [1.807, 2.05) is 0 Å². The van der Waals surface area contributed by atoms with E-state index in [-0.39, 0.29) is 47.5 Å². The fourth-order valence-corrected chi connectivity index (χ4v) is 11.5. The van der Waals surface area contributed by atoms with Crippen molar-refractivity contribution >= 4 is 16.6 Å². The second kappa shape index (κ2) is 20.1. The highest BCUT2D eigenvalue weighted by Gasteiger charge is 2.39. The van der Waals surface area contributed by atoms with Gasteiger partial charge in [0, 0.05) is 6.61 Å². The molecule has 0 aromatic rings. The van der Waals surface area contributed by atoms with Gasteiger partial charge in [0.25, 0.3) is 0 Å². The Bertz CT molecular complexity index is 274. The summed E-state index contributed by atoms with van der Waals surface area (Å²) in [4.78, 5) is 0. The lowest BCUT2D eigenvalue weighted by atomic mass is 10.5. The molecule has 25 heavy (non-hydrogen) atoms. The molecule has 0 saturated carbocycles. The van der Waals surface area contributed by atoms with E-state index < -0.39 is 16.6 Å². The summed E-state index contributed by atoms with van der Waals surface area (Å²) in [5.41, 5.74) is 0.164. The van der Waals surface area contributed by atoms with E-state index in [9.17, 15) is 0 Å². The second-order valence-corrected chi connectivity index (χ2v) is 14.8. The maximum atomic E-state index is 8.66. The molecule has 0 spiro atoms. The zero-order chi connectivity index (χ0) is 15.6. The van der Waals surface area contributed by atoms with Crippen LogP contribution in [0.25, 0.3) is 0 Å². The molecule has 0 amide bonds. The van der Waals surface area contributed by atoms with Gasteiger partial charge in [0.15, 0.2) is 8.32 Å². The normalized spacial score (nSPS) is 11.3. The average Bonchev–Trinajstić information content (AvgIpc) is 2.34. The molecule has 5 nitrogen and oxygen atoms in total. The van der Waals surface area contributed by atoms with Crippen molar-refractivity contribution in [3.8, 4) is 0 Å². The number of rotatable bonds is 12. The Balaban J connectivity index is -0.000000180. The molecule has 0 saturated heterocycles. The van der Waals surface area contributed by atoms with Gasteiger partial charge >= 0.3 is 0 Å². The standard InChI is InChI=1S/C14H32O4Si2.4CH4.H2O/c1-7-14(17-8-2)20(5,6)18-19(3,4)13-9-11-16-12-10-15;;;;;/h8,14-15H,2,7,9-13H2,1,3-6H3;4*1H4;1H2. The van der Waals surface area contributed by atoms with Crippen LogP contribution in [0.15, 0.2) is 12.8 Å². The maximum absolute atomic E-state index is 8.66. The summed E-state index contributed by atoms with van der Waals surface area (Å²) in [6.07, 6.45) is 3.47. The van der Waals surface area contributed by atoms with Crippen LogP contribution < -0.4 is 0 Å². The topological polar surface area (TPSA) is 79.4 Å². The van der Waals surface area contributed by atoms with E-state index in [0.29, 0.717) is 13.2 Å². The van der Waals surface area contributed by atoms with E-state index in [4.69, 9.17) is 18.7 Å². The highest BCUT2D eigenvalue weighted by Crippen LogP contribution is 2.25. The fraction of sp³-hybridized carbons (Fsp3) is 0.889. The predicted octanol–water partition coefficient (Wildman–Crippen LogP) is 5.01. The van der Waals surface area contributed by atoms with Gasteiger partial charge in [-0.2, -0.15) is 0 Å². The first-order valence-electron chi connectivity index (χ1n) is 7.44. The van der Waals surface area contributed by atoms with Crippen LogP contribution in [0.3, 0.4) is 0 Å². The lowest BCUT2D eigenvalue weighted by Gasteiger charge is -2.38. The molecule has 0 aromatic heterocycles. The summed E-state index contributed by atoms with van der Waals surface area (Å²) in [6, 6.07) is 1.07. The smallest absolute Gasteiger partial charge is 0.216 e. The van der Waals surface area contributed by atoms with Crippen LogP contribution in [-0.2, 0) is 13.6 Å². The monoisotopic (exact) mass is 402 g/mol. The third kappa shape index (κ3) is 18.4. The summed E-state index contributed by atoms with van der Waals surface area (Å²) in [5.74, 6) is 0. The van der Waals surface area contributed by atoms with Crippen molar-refractivity contribution in [2.45, 2.75) is 87.4 Å². The van der Waals surface area contributed by atoms with Crippen molar-refractivity contribution in [1.29, 1.82) is 0 Å². The van der Waals surface area contributed by atoms with E-state index in [2.05, 4.69) is 39.7 Å². The van der Waals surface area contributed by atoms with Gasteiger partial charge in [-0.1, -0.05) is 43.2 Å². The van der Waals surface area contributed by atoms with Crippen molar-refractivity contribution in [2.75, 3.05) is 19.8 Å². The summed E-state index contributed by atoms with van der Waals surface area (Å²) < 4.78 is 17.5. The van der Waals surface area contributed by atoms with E-state index >= 15 is 0 Å². The Hall–Kier alpha value is -0.186. The molecule has 0 rings (SSSR count). The molecule has 1 unspecified atom stereocenters. The van der Waals surface area contributed by atoms with E-state index in [1.54, 1.807) is 0 Å². The van der Waals surface area contributed by atoms with Crippen molar-refractivity contribution in [3.05, 3.63) is 12.8 Å². The van der Waals surface area contributed by atoms with E-state index in [0.717, 1.165) is 18.9 Å². The summed E-state index contributed by atoms with van der Waals surface area (Å²) >= 11 is 0. The first kappa shape index (κ1) is 39.8. The molecule has 160 valence electrons. The minimum Gasteiger partial charge on any atom is -0.499 e. The van der Waals surface area contributed by atoms with Crippen LogP contribution in [0.2, 0.25) is 32.2 Å². The number of ether oxygens (including phenoxy) is 2. The van der Waals surface area contributed by atoms with Crippen LogP contribution in [0.5, 0.6) is 0 Å². The fourth-order valence-electron chi connectivity index (χ4n) is 2.46. The lowest BCUT2D eigenvalue weighted by molar-refractivity contribution is 0.0923. The summed E-state index contributed by atoms with van der Waals surface area (Å²) in [5, 5.41) is 8.66. The van der Waals surface area contributed by atoms with Crippen LogP contribution in [0.1, 0.15) is 49.5 Å². The van der Waals surface area contributed by atoms with Crippen LogP contribution in [0.4, 0.5) is 0 Å². The molecule has 0 aliphatic heterocycles. The van der Waals surface area contributed by atoms with Gasteiger partial charge in [-0.15, -0.1) is 0 Å². The van der Waals surface area contributed by atoms with E-state index in [1.165, 1.54) is 6.26 Å². The molecule has 0 aromatic carbocycles. The lowest BCUT2D eigenvalue weighted by Crippen LogP contribution is -2.52. The molecule has 1 atom stereocenters. The quantitative estimate of drug-likeness (QED) is 0.283. The van der Waals surface area contributed by atoms with Gasteiger partial charge in [-0.25, -0.2) is 0 Å². The largest absolute Gasteiger partial charge is 0.499 e. The maximum Gasteiger partial charge on any atom is 0.216 e. The number of hydrogen-bond donors (Lipinski definition) is 1. The van der Waals surface area contributed by atoms with Crippen molar-refractivity contribution in [3.63, 3.8) is 0 Å². The van der Waals surface area contributed by atoms with Gasteiger partial charge in [-0.3, -0.25) is 0 Å². The summed E-state index contributed by atoms with van der Waals surface area (Å²) in [6.45, 7) is 16.0. The Labute approximate surface area is 161 Å². The zero-order valence-electron chi connectivity index (χ0n) is 14.3. The van der Waals surface area contributed by atoms with Crippen molar-refractivity contribution in [2.24, 2.45) is 0 Å². The summed E-state index contributed by atoms with van der Waals surface area (Å²) in [7, 11) is -3.58. The SMILES string of the molecule is C.C.C.C.C=COC(CC)[Si](C)(C)O[Si](C)(C)CCCOCCO.O. The highest BCUT2D eigenvalue weighted by molar-refractivity contribution is 6.85. The van der Waals surface area contributed by atoms with Gasteiger partial charge in [0.2, 0.25) is 8.32 Å². The zero-order valence-corrected chi connectivity index (χ0v) is 16.3. The molecule has 0 bridgehead atoms.